The minimum Gasteiger partial charge on any atom is -0.356 e. The highest BCUT2D eigenvalue weighted by molar-refractivity contribution is 7.91. The van der Waals surface area contributed by atoms with Crippen molar-refractivity contribution in [3.63, 3.8) is 0 Å². The lowest BCUT2D eigenvalue weighted by atomic mass is 10.2. The maximum Gasteiger partial charge on any atom is 0.236 e. The van der Waals surface area contributed by atoms with Crippen molar-refractivity contribution in [1.29, 1.82) is 0 Å². The zero-order valence-electron chi connectivity index (χ0n) is 16.8. The van der Waals surface area contributed by atoms with E-state index in [-0.39, 0.29) is 5.75 Å². The molecule has 4 aromatic carbocycles. The van der Waals surface area contributed by atoms with Crippen LogP contribution in [0.4, 0.5) is 28.4 Å². The van der Waals surface area contributed by atoms with E-state index in [0.717, 1.165) is 28.3 Å². The summed E-state index contributed by atoms with van der Waals surface area (Å²) >= 11 is 0. The molecule has 0 spiro atoms. The average molecular weight is 430 g/mol. The van der Waals surface area contributed by atoms with Crippen LogP contribution in [-0.4, -0.2) is 8.42 Å². The summed E-state index contributed by atoms with van der Waals surface area (Å²) in [6.45, 7) is 0. The molecule has 0 aliphatic rings. The number of nitrogens with one attached hydrogen (secondary N) is 3. The smallest absolute Gasteiger partial charge is 0.236 e. The van der Waals surface area contributed by atoms with Crippen molar-refractivity contribution in [2.24, 2.45) is 0 Å². The Labute approximate surface area is 182 Å². The molecule has 0 fully saturated rings. The Bertz CT molecular complexity index is 1230. The van der Waals surface area contributed by atoms with Crippen molar-refractivity contribution >= 4 is 38.5 Å². The van der Waals surface area contributed by atoms with Crippen LogP contribution in [-0.2, 0) is 15.8 Å². The van der Waals surface area contributed by atoms with Crippen molar-refractivity contribution in [3.05, 3.63) is 115 Å². The normalized spacial score (nSPS) is 11.0. The fraction of sp³-hybridized carbons (Fsp3) is 0.0400. The van der Waals surface area contributed by atoms with Gasteiger partial charge in [-0.1, -0.05) is 54.6 Å². The maximum atomic E-state index is 12.5. The zero-order chi connectivity index (χ0) is 21.5. The predicted molar refractivity (Wildman–Crippen MR) is 129 cm³/mol. The molecule has 4 rings (SSSR count). The van der Waals surface area contributed by atoms with Gasteiger partial charge in [-0.3, -0.25) is 4.72 Å². The second-order valence-electron chi connectivity index (χ2n) is 7.12. The van der Waals surface area contributed by atoms with Gasteiger partial charge in [-0.25, -0.2) is 8.42 Å². The molecule has 4 aromatic rings. The molecule has 6 heteroatoms. The number of para-hydroxylation sites is 1. The molecule has 0 aliphatic carbocycles. The van der Waals surface area contributed by atoms with Gasteiger partial charge in [0.25, 0.3) is 0 Å². The SMILES string of the molecule is O=S(=O)(Cc1ccccc1)Nc1cccc(Nc2ccc(Nc3ccccc3)cc2)c1. The highest BCUT2D eigenvalue weighted by Gasteiger charge is 2.12. The minimum absolute atomic E-state index is 0.0681. The molecule has 3 N–H and O–H groups in total. The van der Waals surface area contributed by atoms with E-state index in [1.807, 2.05) is 84.9 Å². The van der Waals surface area contributed by atoms with Gasteiger partial charge in [-0.05, 0) is 60.2 Å². The molecular weight excluding hydrogens is 406 g/mol. The molecule has 0 saturated carbocycles. The first-order valence-electron chi connectivity index (χ1n) is 9.89. The standard InChI is InChI=1S/C25H23N3O2S/c29-31(30,19-20-8-3-1-4-9-20)28-25-13-7-12-24(18-25)27-23-16-14-22(15-17-23)26-21-10-5-2-6-11-21/h1-18,26-28H,19H2. The van der Waals surface area contributed by atoms with Crippen molar-refractivity contribution in [1.82, 2.24) is 0 Å². The van der Waals surface area contributed by atoms with E-state index in [1.54, 1.807) is 24.3 Å². The van der Waals surface area contributed by atoms with Crippen LogP contribution in [0.5, 0.6) is 0 Å². The molecule has 31 heavy (non-hydrogen) atoms. The van der Waals surface area contributed by atoms with Gasteiger partial charge in [-0.15, -0.1) is 0 Å². The Kier molecular flexibility index (Phi) is 6.19. The third-order valence-electron chi connectivity index (χ3n) is 4.57. The molecule has 0 heterocycles. The lowest BCUT2D eigenvalue weighted by Gasteiger charge is -2.12. The first kappa shape index (κ1) is 20.5. The van der Waals surface area contributed by atoms with Crippen molar-refractivity contribution in [3.8, 4) is 0 Å². The van der Waals surface area contributed by atoms with Crippen LogP contribution in [0.2, 0.25) is 0 Å². The first-order valence-corrected chi connectivity index (χ1v) is 11.5. The summed E-state index contributed by atoms with van der Waals surface area (Å²) in [5.74, 6) is -0.0681. The molecular formula is C25H23N3O2S. The van der Waals surface area contributed by atoms with Crippen LogP contribution in [0, 0.1) is 0 Å². The van der Waals surface area contributed by atoms with Gasteiger partial charge in [0, 0.05) is 22.7 Å². The van der Waals surface area contributed by atoms with Crippen LogP contribution in [0.1, 0.15) is 5.56 Å². The largest absolute Gasteiger partial charge is 0.356 e. The maximum absolute atomic E-state index is 12.5. The Morgan fingerprint density at radius 2 is 1.00 bits per heavy atom. The molecule has 0 amide bonds. The molecule has 5 nitrogen and oxygen atoms in total. The van der Waals surface area contributed by atoms with E-state index in [0.29, 0.717) is 5.69 Å². The molecule has 156 valence electrons. The number of benzene rings is 4. The molecule has 0 bridgehead atoms. The van der Waals surface area contributed by atoms with Gasteiger partial charge in [-0.2, -0.15) is 0 Å². The summed E-state index contributed by atoms with van der Waals surface area (Å²) in [5.41, 5.74) is 4.97. The van der Waals surface area contributed by atoms with E-state index in [1.165, 1.54) is 0 Å². The Balaban J connectivity index is 1.40. The zero-order valence-corrected chi connectivity index (χ0v) is 17.6. The fourth-order valence-electron chi connectivity index (χ4n) is 3.16. The fourth-order valence-corrected chi connectivity index (χ4v) is 4.35. The third kappa shape index (κ3) is 6.10. The summed E-state index contributed by atoms with van der Waals surface area (Å²) in [6, 6.07) is 34.2. The Morgan fingerprint density at radius 3 is 1.65 bits per heavy atom. The van der Waals surface area contributed by atoms with Gasteiger partial charge >= 0.3 is 0 Å². The molecule has 0 unspecified atom stereocenters. The highest BCUT2D eigenvalue weighted by atomic mass is 32.2. The molecule has 0 saturated heterocycles. The van der Waals surface area contributed by atoms with Gasteiger partial charge < -0.3 is 10.6 Å². The average Bonchev–Trinajstić information content (AvgIpc) is 2.76. The van der Waals surface area contributed by atoms with E-state index in [2.05, 4.69) is 15.4 Å². The Hall–Kier alpha value is -3.77. The lowest BCUT2D eigenvalue weighted by molar-refractivity contribution is 0.600. The van der Waals surface area contributed by atoms with Crippen molar-refractivity contribution in [2.45, 2.75) is 5.75 Å². The highest BCUT2D eigenvalue weighted by Crippen LogP contribution is 2.24. The van der Waals surface area contributed by atoms with E-state index in [9.17, 15) is 8.42 Å². The second kappa shape index (κ2) is 9.36. The number of rotatable bonds is 8. The van der Waals surface area contributed by atoms with Gasteiger partial charge in [0.1, 0.15) is 0 Å². The number of sulfonamides is 1. The van der Waals surface area contributed by atoms with Crippen molar-refractivity contribution in [2.75, 3.05) is 15.4 Å². The Morgan fingerprint density at radius 1 is 0.516 bits per heavy atom. The molecule has 0 aromatic heterocycles. The molecule has 0 aliphatic heterocycles. The van der Waals surface area contributed by atoms with Crippen LogP contribution in [0.25, 0.3) is 0 Å². The van der Waals surface area contributed by atoms with Gasteiger partial charge in [0.15, 0.2) is 0 Å². The van der Waals surface area contributed by atoms with Crippen LogP contribution in [0.3, 0.4) is 0 Å². The topological polar surface area (TPSA) is 70.2 Å². The monoisotopic (exact) mass is 429 g/mol. The van der Waals surface area contributed by atoms with Crippen LogP contribution < -0.4 is 15.4 Å². The third-order valence-corrected chi connectivity index (χ3v) is 5.83. The minimum atomic E-state index is -3.50. The van der Waals surface area contributed by atoms with Gasteiger partial charge in [0.05, 0.1) is 11.4 Å². The summed E-state index contributed by atoms with van der Waals surface area (Å²) < 4.78 is 27.6. The molecule has 0 radical (unpaired) electrons. The van der Waals surface area contributed by atoms with E-state index in [4.69, 9.17) is 0 Å². The summed E-state index contributed by atoms with van der Waals surface area (Å²) in [7, 11) is -3.50. The van der Waals surface area contributed by atoms with Gasteiger partial charge in [0.2, 0.25) is 10.0 Å². The molecule has 0 atom stereocenters. The quantitative estimate of drug-likeness (QED) is 0.316. The number of anilines is 5. The lowest BCUT2D eigenvalue weighted by Crippen LogP contribution is -2.15. The van der Waals surface area contributed by atoms with Crippen LogP contribution in [0.15, 0.2) is 109 Å². The second-order valence-corrected chi connectivity index (χ2v) is 8.84. The van der Waals surface area contributed by atoms with Crippen molar-refractivity contribution < 1.29 is 8.42 Å². The van der Waals surface area contributed by atoms with E-state index >= 15 is 0 Å². The number of hydrogen-bond acceptors (Lipinski definition) is 4. The number of hydrogen-bond donors (Lipinski definition) is 3. The first-order chi connectivity index (χ1) is 15.1. The van der Waals surface area contributed by atoms with Crippen LogP contribution >= 0.6 is 0 Å². The summed E-state index contributed by atoms with van der Waals surface area (Å²) in [6.07, 6.45) is 0. The van der Waals surface area contributed by atoms with E-state index < -0.39 is 10.0 Å². The summed E-state index contributed by atoms with van der Waals surface area (Å²) in [5, 5.41) is 6.65. The summed E-state index contributed by atoms with van der Waals surface area (Å²) in [4.78, 5) is 0. The predicted octanol–water partition coefficient (Wildman–Crippen LogP) is 6.12.